The molecule has 0 aliphatic rings. The Balaban J connectivity index is 1.52. The van der Waals surface area contributed by atoms with E-state index in [1.165, 1.54) is 18.4 Å². The van der Waals surface area contributed by atoms with E-state index in [0.29, 0.717) is 17.3 Å². The second-order valence-electron chi connectivity index (χ2n) is 5.59. The van der Waals surface area contributed by atoms with Gasteiger partial charge in [-0.1, -0.05) is 47.2 Å². The maximum absolute atomic E-state index is 10.1. The smallest absolute Gasteiger partial charge is 0.214 e. The van der Waals surface area contributed by atoms with Gasteiger partial charge in [0, 0.05) is 22.7 Å². The standard InChI is InChI=1S/C18H15ClN4O2S/c1-25-15-4-2-3-12(16(15)24)9-20-17-22-23-10-14(21-18(23)26-17)11-5-7-13(19)8-6-11/h2-8,10,24H,9H2,1H3,(H,20,22). The van der Waals surface area contributed by atoms with Crippen LogP contribution in [0.4, 0.5) is 5.13 Å². The number of phenols is 1. The number of nitrogens with one attached hydrogen (secondary N) is 1. The lowest BCUT2D eigenvalue weighted by atomic mass is 10.2. The van der Waals surface area contributed by atoms with Gasteiger partial charge in [-0.2, -0.15) is 0 Å². The average molecular weight is 387 g/mol. The molecule has 4 rings (SSSR count). The lowest BCUT2D eigenvalue weighted by Gasteiger charge is -2.08. The quantitative estimate of drug-likeness (QED) is 0.530. The third-order valence-corrected chi connectivity index (χ3v) is 5.05. The van der Waals surface area contributed by atoms with Crippen molar-refractivity contribution in [2.24, 2.45) is 0 Å². The Morgan fingerprint density at radius 1 is 1.23 bits per heavy atom. The molecule has 0 fully saturated rings. The monoisotopic (exact) mass is 386 g/mol. The molecule has 2 aromatic carbocycles. The van der Waals surface area contributed by atoms with Crippen LogP contribution in [-0.4, -0.2) is 26.8 Å². The van der Waals surface area contributed by atoms with Gasteiger partial charge < -0.3 is 15.2 Å². The molecular formula is C18H15ClN4O2S. The molecule has 0 bridgehead atoms. The summed E-state index contributed by atoms with van der Waals surface area (Å²) in [5.74, 6) is 0.583. The van der Waals surface area contributed by atoms with Crippen molar-refractivity contribution < 1.29 is 9.84 Å². The van der Waals surface area contributed by atoms with Crippen molar-refractivity contribution in [1.82, 2.24) is 14.6 Å². The number of anilines is 1. The number of methoxy groups -OCH3 is 1. The van der Waals surface area contributed by atoms with Crippen molar-refractivity contribution in [2.45, 2.75) is 6.54 Å². The maximum Gasteiger partial charge on any atom is 0.214 e. The van der Waals surface area contributed by atoms with Crippen LogP contribution in [0.1, 0.15) is 5.56 Å². The molecular weight excluding hydrogens is 372 g/mol. The summed E-state index contributed by atoms with van der Waals surface area (Å²) in [7, 11) is 1.53. The van der Waals surface area contributed by atoms with E-state index >= 15 is 0 Å². The zero-order valence-electron chi connectivity index (χ0n) is 13.8. The third-order valence-electron chi connectivity index (χ3n) is 3.92. The first kappa shape index (κ1) is 16.7. The van der Waals surface area contributed by atoms with E-state index in [0.717, 1.165) is 26.9 Å². The zero-order chi connectivity index (χ0) is 18.1. The molecule has 132 valence electrons. The van der Waals surface area contributed by atoms with E-state index in [1.807, 2.05) is 42.6 Å². The predicted octanol–water partition coefficient (Wildman–Crippen LogP) is 4.44. The van der Waals surface area contributed by atoms with Crippen LogP contribution < -0.4 is 10.1 Å². The molecule has 0 aliphatic carbocycles. The second-order valence-corrected chi connectivity index (χ2v) is 6.98. The summed E-state index contributed by atoms with van der Waals surface area (Å²) in [6, 6.07) is 12.9. The minimum Gasteiger partial charge on any atom is -0.504 e. The zero-order valence-corrected chi connectivity index (χ0v) is 15.4. The normalized spacial score (nSPS) is 11.0. The number of para-hydroxylation sites is 1. The summed E-state index contributed by atoms with van der Waals surface area (Å²) >= 11 is 7.36. The fraction of sp³-hybridized carbons (Fsp3) is 0.111. The molecule has 0 amide bonds. The van der Waals surface area contributed by atoms with Crippen molar-refractivity contribution in [2.75, 3.05) is 12.4 Å². The molecule has 0 spiro atoms. The molecule has 0 saturated heterocycles. The van der Waals surface area contributed by atoms with Gasteiger partial charge in [-0.3, -0.25) is 0 Å². The van der Waals surface area contributed by atoms with Crippen LogP contribution in [0, 0.1) is 0 Å². The lowest BCUT2D eigenvalue weighted by molar-refractivity contribution is 0.371. The van der Waals surface area contributed by atoms with Crippen LogP contribution in [0.3, 0.4) is 0 Å². The molecule has 26 heavy (non-hydrogen) atoms. The van der Waals surface area contributed by atoms with Crippen molar-refractivity contribution in [3.05, 3.63) is 59.2 Å². The van der Waals surface area contributed by atoms with E-state index in [-0.39, 0.29) is 5.75 Å². The summed E-state index contributed by atoms with van der Waals surface area (Å²) in [6.45, 7) is 0.434. The molecule has 2 N–H and O–H groups in total. The van der Waals surface area contributed by atoms with Crippen LogP contribution in [0.15, 0.2) is 48.7 Å². The van der Waals surface area contributed by atoms with Crippen LogP contribution in [-0.2, 0) is 6.54 Å². The first-order chi connectivity index (χ1) is 12.6. The molecule has 4 aromatic rings. The Kier molecular flexibility index (Phi) is 4.40. The van der Waals surface area contributed by atoms with Crippen molar-refractivity contribution in [3.63, 3.8) is 0 Å². The highest BCUT2D eigenvalue weighted by Crippen LogP contribution is 2.30. The van der Waals surface area contributed by atoms with E-state index in [9.17, 15) is 5.11 Å². The molecule has 0 aliphatic heterocycles. The van der Waals surface area contributed by atoms with Crippen LogP contribution in [0.2, 0.25) is 5.02 Å². The van der Waals surface area contributed by atoms with Crippen LogP contribution in [0.5, 0.6) is 11.5 Å². The Bertz CT molecular complexity index is 1030. The lowest BCUT2D eigenvalue weighted by Crippen LogP contribution is -2.00. The number of fused-ring (bicyclic) bond motifs is 1. The summed E-state index contributed by atoms with van der Waals surface area (Å²) < 4.78 is 6.86. The topological polar surface area (TPSA) is 71.7 Å². The molecule has 0 saturated carbocycles. The molecule has 2 aromatic heterocycles. The maximum atomic E-state index is 10.1. The molecule has 2 heterocycles. The molecule has 0 atom stereocenters. The first-order valence-electron chi connectivity index (χ1n) is 7.85. The SMILES string of the molecule is COc1cccc(CNc2nn3cc(-c4ccc(Cl)cc4)nc3s2)c1O. The van der Waals surface area contributed by atoms with Gasteiger partial charge in [-0.15, -0.1) is 5.10 Å². The van der Waals surface area contributed by atoms with Gasteiger partial charge in [0.05, 0.1) is 19.0 Å². The van der Waals surface area contributed by atoms with Crippen LogP contribution in [0.25, 0.3) is 16.2 Å². The minimum atomic E-state index is 0.133. The molecule has 0 unspecified atom stereocenters. The number of imidazole rings is 1. The number of benzene rings is 2. The number of ether oxygens (including phenoxy) is 1. The van der Waals surface area contributed by atoms with E-state index < -0.39 is 0 Å². The van der Waals surface area contributed by atoms with Gasteiger partial charge in [0.2, 0.25) is 10.1 Å². The molecule has 0 radical (unpaired) electrons. The number of aromatic hydroxyl groups is 1. The third kappa shape index (κ3) is 3.18. The Hall–Kier alpha value is -2.77. The predicted molar refractivity (Wildman–Crippen MR) is 103 cm³/mol. The Morgan fingerprint density at radius 2 is 2.04 bits per heavy atom. The fourth-order valence-corrected chi connectivity index (χ4v) is 3.48. The van der Waals surface area contributed by atoms with E-state index in [1.54, 1.807) is 10.6 Å². The van der Waals surface area contributed by atoms with Gasteiger partial charge in [-0.05, 0) is 18.2 Å². The molecule has 8 heteroatoms. The number of halogens is 1. The van der Waals surface area contributed by atoms with Gasteiger partial charge in [0.25, 0.3) is 0 Å². The number of hydrogen-bond donors (Lipinski definition) is 2. The summed E-state index contributed by atoms with van der Waals surface area (Å²) in [6.07, 6.45) is 1.88. The number of rotatable bonds is 5. The summed E-state index contributed by atoms with van der Waals surface area (Å²) in [5, 5.41) is 19.2. The first-order valence-corrected chi connectivity index (χ1v) is 9.04. The van der Waals surface area contributed by atoms with Crippen molar-refractivity contribution in [1.29, 1.82) is 0 Å². The number of aromatic nitrogens is 3. The number of hydrogen-bond acceptors (Lipinski definition) is 6. The van der Waals surface area contributed by atoms with Crippen molar-refractivity contribution >= 4 is 33.0 Å². The summed E-state index contributed by atoms with van der Waals surface area (Å²) in [4.78, 5) is 5.38. The number of nitrogens with zero attached hydrogens (tertiary/aromatic N) is 3. The fourth-order valence-electron chi connectivity index (χ4n) is 2.58. The van der Waals surface area contributed by atoms with Crippen LogP contribution >= 0.6 is 22.9 Å². The van der Waals surface area contributed by atoms with Crippen molar-refractivity contribution in [3.8, 4) is 22.8 Å². The minimum absolute atomic E-state index is 0.133. The van der Waals surface area contributed by atoms with Gasteiger partial charge in [0.1, 0.15) is 0 Å². The van der Waals surface area contributed by atoms with Gasteiger partial charge >= 0.3 is 0 Å². The summed E-state index contributed by atoms with van der Waals surface area (Å²) in [5.41, 5.74) is 2.57. The Morgan fingerprint density at radius 3 is 2.77 bits per heavy atom. The highest BCUT2D eigenvalue weighted by Gasteiger charge is 2.11. The highest BCUT2D eigenvalue weighted by atomic mass is 35.5. The Labute approximate surface area is 158 Å². The van der Waals surface area contributed by atoms with E-state index in [4.69, 9.17) is 16.3 Å². The highest BCUT2D eigenvalue weighted by molar-refractivity contribution is 7.20. The van der Waals surface area contributed by atoms with Gasteiger partial charge in [0.15, 0.2) is 11.5 Å². The number of phenolic OH excluding ortho intramolecular Hbond substituents is 1. The van der Waals surface area contributed by atoms with E-state index in [2.05, 4.69) is 15.4 Å². The largest absolute Gasteiger partial charge is 0.504 e. The average Bonchev–Trinajstić information content (AvgIpc) is 3.20. The second kappa shape index (κ2) is 6.86. The van der Waals surface area contributed by atoms with Gasteiger partial charge in [-0.25, -0.2) is 9.50 Å². The molecule has 6 nitrogen and oxygen atoms in total.